The van der Waals surface area contributed by atoms with E-state index in [1.165, 1.54) is 32.1 Å². The van der Waals surface area contributed by atoms with Gasteiger partial charge in [-0.2, -0.15) is 0 Å². The minimum Gasteiger partial charge on any atom is -0.384 e. The molecule has 86 valence electrons. The molecule has 1 aromatic heterocycles. The third-order valence-electron chi connectivity index (χ3n) is 3.39. The van der Waals surface area contributed by atoms with Gasteiger partial charge in [-0.3, -0.25) is 0 Å². The summed E-state index contributed by atoms with van der Waals surface area (Å²) in [4.78, 5) is 9.00. The van der Waals surface area contributed by atoms with E-state index in [1.807, 2.05) is 6.07 Å². The number of nitrogens with one attached hydrogen (secondary N) is 1. The van der Waals surface area contributed by atoms with Gasteiger partial charge in [0.1, 0.15) is 11.6 Å². The van der Waals surface area contributed by atoms with Gasteiger partial charge in [0.2, 0.25) is 0 Å². The smallest absolute Gasteiger partial charge is 0.134 e. The average molecular weight is 218 g/mol. The van der Waals surface area contributed by atoms with Crippen molar-refractivity contribution in [2.75, 3.05) is 12.3 Å². The van der Waals surface area contributed by atoms with E-state index < -0.39 is 0 Å². The maximum Gasteiger partial charge on any atom is 0.134 e. The minimum atomic E-state index is 0.386. The summed E-state index contributed by atoms with van der Waals surface area (Å²) < 4.78 is 0. The van der Waals surface area contributed by atoms with Gasteiger partial charge >= 0.3 is 0 Å². The van der Waals surface area contributed by atoms with Crippen molar-refractivity contribution in [1.82, 2.24) is 15.3 Å². The highest BCUT2D eigenvalue weighted by molar-refractivity contribution is 5.32. The second-order valence-electron chi connectivity index (χ2n) is 4.85. The number of hydrogen-bond donors (Lipinski definition) is 2. The van der Waals surface area contributed by atoms with Gasteiger partial charge in [0.25, 0.3) is 0 Å². The fourth-order valence-corrected chi connectivity index (χ4v) is 2.31. The zero-order valence-electron chi connectivity index (χ0n) is 9.45. The van der Waals surface area contributed by atoms with Crippen LogP contribution in [0.4, 0.5) is 5.82 Å². The lowest BCUT2D eigenvalue weighted by atomic mass is 10.0. The summed E-state index contributed by atoms with van der Waals surface area (Å²) in [6, 6.07) is 2.31. The van der Waals surface area contributed by atoms with Crippen LogP contribution in [0.15, 0.2) is 6.07 Å². The molecule has 1 unspecified atom stereocenters. The van der Waals surface area contributed by atoms with Gasteiger partial charge in [-0.1, -0.05) is 6.42 Å². The molecule has 1 saturated carbocycles. The van der Waals surface area contributed by atoms with E-state index in [1.54, 1.807) is 0 Å². The number of nitrogens with zero attached hydrogens (tertiary/aromatic N) is 2. The van der Waals surface area contributed by atoms with Crippen molar-refractivity contribution in [3.05, 3.63) is 17.6 Å². The van der Waals surface area contributed by atoms with Crippen LogP contribution in [-0.2, 0) is 0 Å². The second-order valence-corrected chi connectivity index (χ2v) is 4.85. The first-order chi connectivity index (χ1) is 7.83. The number of nitrogens with two attached hydrogens (primary N) is 1. The van der Waals surface area contributed by atoms with Gasteiger partial charge < -0.3 is 11.1 Å². The molecule has 3 N–H and O–H groups in total. The lowest BCUT2D eigenvalue weighted by Gasteiger charge is -2.23. The largest absolute Gasteiger partial charge is 0.384 e. The molecule has 4 heteroatoms. The summed E-state index contributed by atoms with van der Waals surface area (Å²) in [5.74, 6) is 2.16. The Hall–Kier alpha value is -1.16. The van der Waals surface area contributed by atoms with Crippen molar-refractivity contribution in [3.63, 3.8) is 0 Å². The maximum atomic E-state index is 5.85. The second kappa shape index (κ2) is 4.01. The predicted molar refractivity (Wildman–Crippen MR) is 63.0 cm³/mol. The van der Waals surface area contributed by atoms with Gasteiger partial charge in [-0.15, -0.1) is 0 Å². The molecule has 16 heavy (non-hydrogen) atoms. The number of anilines is 1. The molecule has 1 saturated heterocycles. The standard InChI is InChI=1S/C12H18N4/c13-11-7-10(9-3-1-2-6-14-9)15-12(16-11)8-4-5-8/h7-9,14H,1-6H2,(H2,13,15,16). The molecule has 2 fully saturated rings. The minimum absolute atomic E-state index is 0.386. The third kappa shape index (κ3) is 2.02. The number of piperidine rings is 1. The van der Waals surface area contributed by atoms with Crippen molar-refractivity contribution in [3.8, 4) is 0 Å². The van der Waals surface area contributed by atoms with Crippen molar-refractivity contribution in [2.45, 2.75) is 44.1 Å². The summed E-state index contributed by atoms with van der Waals surface area (Å²) >= 11 is 0. The van der Waals surface area contributed by atoms with Crippen molar-refractivity contribution in [2.24, 2.45) is 0 Å². The number of aromatic nitrogens is 2. The molecule has 1 aliphatic carbocycles. The van der Waals surface area contributed by atoms with Crippen LogP contribution in [0.2, 0.25) is 0 Å². The van der Waals surface area contributed by atoms with Gasteiger partial charge in [0.15, 0.2) is 0 Å². The summed E-state index contributed by atoms with van der Waals surface area (Å²) in [5.41, 5.74) is 6.94. The molecule has 0 aromatic carbocycles. The van der Waals surface area contributed by atoms with Crippen molar-refractivity contribution < 1.29 is 0 Å². The van der Waals surface area contributed by atoms with Gasteiger partial charge in [-0.25, -0.2) is 9.97 Å². The monoisotopic (exact) mass is 218 g/mol. The normalized spacial score (nSPS) is 25.6. The molecule has 0 bridgehead atoms. The van der Waals surface area contributed by atoms with E-state index in [-0.39, 0.29) is 0 Å². The van der Waals surface area contributed by atoms with Crippen molar-refractivity contribution >= 4 is 5.82 Å². The van der Waals surface area contributed by atoms with Crippen LogP contribution in [0.3, 0.4) is 0 Å². The quantitative estimate of drug-likeness (QED) is 0.793. The Morgan fingerprint density at radius 3 is 2.75 bits per heavy atom. The Kier molecular flexibility index (Phi) is 2.52. The topological polar surface area (TPSA) is 63.8 Å². The molecule has 0 amide bonds. The molecular weight excluding hydrogens is 200 g/mol. The van der Waals surface area contributed by atoms with E-state index in [0.717, 1.165) is 18.1 Å². The zero-order chi connectivity index (χ0) is 11.0. The fourth-order valence-electron chi connectivity index (χ4n) is 2.31. The highest BCUT2D eigenvalue weighted by Crippen LogP contribution is 2.38. The lowest BCUT2D eigenvalue weighted by molar-refractivity contribution is 0.404. The number of hydrogen-bond acceptors (Lipinski definition) is 4. The predicted octanol–water partition coefficient (Wildman–Crippen LogP) is 1.75. The lowest BCUT2D eigenvalue weighted by Crippen LogP contribution is -2.28. The summed E-state index contributed by atoms with van der Waals surface area (Å²) in [7, 11) is 0. The van der Waals surface area contributed by atoms with Crippen LogP contribution in [0, 0.1) is 0 Å². The van der Waals surface area contributed by atoms with E-state index in [2.05, 4.69) is 15.3 Å². The summed E-state index contributed by atoms with van der Waals surface area (Å²) in [6.45, 7) is 1.09. The van der Waals surface area contributed by atoms with Crippen LogP contribution in [0.1, 0.15) is 55.6 Å². The average Bonchev–Trinajstić information content (AvgIpc) is 3.13. The Labute approximate surface area is 95.7 Å². The maximum absolute atomic E-state index is 5.85. The number of nitrogen functional groups attached to an aromatic ring is 1. The number of rotatable bonds is 2. The molecule has 0 spiro atoms. The summed E-state index contributed by atoms with van der Waals surface area (Å²) in [5, 5.41) is 3.50. The van der Waals surface area contributed by atoms with Gasteiger partial charge in [0, 0.05) is 18.0 Å². The van der Waals surface area contributed by atoms with E-state index in [0.29, 0.717) is 17.8 Å². The van der Waals surface area contributed by atoms with Gasteiger partial charge in [0.05, 0.1) is 5.69 Å². The first-order valence-electron chi connectivity index (χ1n) is 6.20. The Balaban J connectivity index is 1.86. The Morgan fingerprint density at radius 2 is 2.06 bits per heavy atom. The highest BCUT2D eigenvalue weighted by atomic mass is 15.0. The third-order valence-corrected chi connectivity index (χ3v) is 3.39. The Morgan fingerprint density at radius 1 is 1.19 bits per heavy atom. The van der Waals surface area contributed by atoms with Crippen LogP contribution < -0.4 is 11.1 Å². The van der Waals surface area contributed by atoms with E-state index in [4.69, 9.17) is 5.73 Å². The van der Waals surface area contributed by atoms with E-state index >= 15 is 0 Å². The van der Waals surface area contributed by atoms with Gasteiger partial charge in [-0.05, 0) is 32.2 Å². The molecule has 3 rings (SSSR count). The molecule has 2 heterocycles. The fraction of sp³-hybridized carbons (Fsp3) is 0.667. The SMILES string of the molecule is Nc1cc(C2CCCCN2)nc(C2CC2)n1. The molecule has 1 aromatic rings. The van der Waals surface area contributed by atoms with Crippen LogP contribution in [0.25, 0.3) is 0 Å². The van der Waals surface area contributed by atoms with Crippen LogP contribution in [-0.4, -0.2) is 16.5 Å². The molecule has 1 atom stereocenters. The summed E-state index contributed by atoms with van der Waals surface area (Å²) in [6.07, 6.45) is 6.16. The molecule has 2 aliphatic rings. The first-order valence-corrected chi connectivity index (χ1v) is 6.20. The Bertz CT molecular complexity index is 381. The van der Waals surface area contributed by atoms with Crippen molar-refractivity contribution in [1.29, 1.82) is 0 Å². The molecule has 4 nitrogen and oxygen atoms in total. The molecule has 0 radical (unpaired) electrons. The zero-order valence-corrected chi connectivity index (χ0v) is 9.45. The molecular formula is C12H18N4. The van der Waals surface area contributed by atoms with Crippen LogP contribution >= 0.6 is 0 Å². The molecule has 1 aliphatic heterocycles. The van der Waals surface area contributed by atoms with E-state index in [9.17, 15) is 0 Å². The first kappa shape index (κ1) is 10.0. The highest BCUT2D eigenvalue weighted by Gasteiger charge is 2.28. The van der Waals surface area contributed by atoms with Crippen LogP contribution in [0.5, 0.6) is 0 Å².